The van der Waals surface area contributed by atoms with Gasteiger partial charge in [-0.25, -0.2) is 0 Å². The van der Waals surface area contributed by atoms with E-state index in [1.54, 1.807) is 11.9 Å². The summed E-state index contributed by atoms with van der Waals surface area (Å²) in [7, 11) is 1.74. The van der Waals surface area contributed by atoms with E-state index in [2.05, 4.69) is 5.32 Å². The predicted octanol–water partition coefficient (Wildman–Crippen LogP) is -0.383. The number of likely N-dealkylation sites (N-methyl/N-ethyl adjacent to an activating group) is 1. The Bertz CT molecular complexity index is 243. The Morgan fingerprint density at radius 3 is 2.93 bits per heavy atom. The molecule has 1 aliphatic rings. The van der Waals surface area contributed by atoms with Crippen molar-refractivity contribution in [2.24, 2.45) is 5.92 Å². The van der Waals surface area contributed by atoms with Gasteiger partial charge < -0.3 is 15.0 Å². The molecule has 1 N–H and O–H groups in total. The Kier molecular flexibility index (Phi) is 4.55. The highest BCUT2D eigenvalue weighted by Crippen LogP contribution is 2.11. The van der Waals surface area contributed by atoms with E-state index in [0.29, 0.717) is 32.7 Å². The number of nitrogens with one attached hydrogen (secondary N) is 1. The van der Waals surface area contributed by atoms with Gasteiger partial charge in [0.25, 0.3) is 0 Å². The smallest absolute Gasteiger partial charge is 0.227 e. The zero-order valence-electron chi connectivity index (χ0n) is 9.28. The third kappa shape index (κ3) is 3.51. The van der Waals surface area contributed by atoms with E-state index in [-0.39, 0.29) is 17.7 Å². The van der Waals surface area contributed by atoms with Crippen molar-refractivity contribution in [1.82, 2.24) is 10.2 Å². The number of nitrogens with zero attached hydrogens (tertiary/aromatic N) is 1. The van der Waals surface area contributed by atoms with E-state index in [1.807, 2.05) is 6.92 Å². The van der Waals surface area contributed by atoms with E-state index in [1.165, 1.54) is 0 Å². The van der Waals surface area contributed by atoms with Crippen molar-refractivity contribution in [3.8, 4) is 0 Å². The summed E-state index contributed by atoms with van der Waals surface area (Å²) >= 11 is 0. The molecule has 5 heteroatoms. The fraction of sp³-hybridized carbons (Fsp3) is 0.800. The van der Waals surface area contributed by atoms with Gasteiger partial charge in [-0.05, 0) is 6.92 Å². The minimum absolute atomic E-state index is 0.0213. The molecule has 0 spiro atoms. The van der Waals surface area contributed by atoms with Crippen LogP contribution in [0.15, 0.2) is 0 Å². The van der Waals surface area contributed by atoms with Crippen molar-refractivity contribution in [1.29, 1.82) is 0 Å². The Balaban J connectivity index is 2.29. The van der Waals surface area contributed by atoms with Crippen LogP contribution in [0.25, 0.3) is 0 Å². The van der Waals surface area contributed by atoms with Gasteiger partial charge in [-0.2, -0.15) is 0 Å². The Morgan fingerprint density at radius 1 is 1.67 bits per heavy atom. The lowest BCUT2D eigenvalue weighted by molar-refractivity contribution is -0.135. The molecule has 1 fully saturated rings. The maximum atomic E-state index is 11.8. The van der Waals surface area contributed by atoms with Crippen molar-refractivity contribution >= 4 is 11.8 Å². The first kappa shape index (κ1) is 12.0. The van der Waals surface area contributed by atoms with Crippen molar-refractivity contribution in [2.75, 3.05) is 33.4 Å². The summed E-state index contributed by atoms with van der Waals surface area (Å²) in [6.07, 6.45) is 0.317. The number of hydrogen-bond donors (Lipinski definition) is 1. The van der Waals surface area contributed by atoms with Crippen LogP contribution < -0.4 is 5.32 Å². The molecule has 0 aromatic rings. The topological polar surface area (TPSA) is 58.6 Å². The molecule has 1 atom stereocenters. The number of rotatable bonds is 5. The van der Waals surface area contributed by atoms with Crippen LogP contribution in [-0.2, 0) is 14.3 Å². The van der Waals surface area contributed by atoms with Crippen molar-refractivity contribution in [2.45, 2.75) is 13.3 Å². The summed E-state index contributed by atoms with van der Waals surface area (Å²) in [6, 6.07) is 0. The van der Waals surface area contributed by atoms with Crippen molar-refractivity contribution in [3.63, 3.8) is 0 Å². The van der Waals surface area contributed by atoms with Crippen LogP contribution in [0, 0.1) is 5.92 Å². The van der Waals surface area contributed by atoms with Gasteiger partial charge in [0, 0.05) is 33.2 Å². The first-order valence-corrected chi connectivity index (χ1v) is 5.24. The molecular formula is C10H18N2O3. The number of ether oxygens (including phenoxy) is 1. The van der Waals surface area contributed by atoms with Gasteiger partial charge in [-0.1, -0.05) is 0 Å². The first-order chi connectivity index (χ1) is 7.15. The van der Waals surface area contributed by atoms with Crippen LogP contribution in [-0.4, -0.2) is 50.1 Å². The van der Waals surface area contributed by atoms with Crippen LogP contribution in [0.3, 0.4) is 0 Å². The molecule has 15 heavy (non-hydrogen) atoms. The molecule has 1 rings (SSSR count). The molecule has 2 amide bonds. The van der Waals surface area contributed by atoms with Gasteiger partial charge in [0.1, 0.15) is 0 Å². The normalized spacial score (nSPS) is 20.1. The van der Waals surface area contributed by atoms with E-state index in [4.69, 9.17) is 4.74 Å². The highest BCUT2D eigenvalue weighted by Gasteiger charge is 2.29. The molecule has 0 bridgehead atoms. The fourth-order valence-corrected chi connectivity index (χ4v) is 1.55. The summed E-state index contributed by atoms with van der Waals surface area (Å²) in [6.45, 7) is 4.17. The van der Waals surface area contributed by atoms with Crippen LogP contribution in [0.1, 0.15) is 13.3 Å². The van der Waals surface area contributed by atoms with Crippen molar-refractivity contribution < 1.29 is 14.3 Å². The largest absolute Gasteiger partial charge is 0.380 e. The quantitative estimate of drug-likeness (QED) is 0.634. The molecule has 0 aliphatic carbocycles. The molecule has 0 radical (unpaired) electrons. The zero-order valence-corrected chi connectivity index (χ0v) is 9.28. The van der Waals surface area contributed by atoms with E-state index >= 15 is 0 Å². The molecule has 1 heterocycles. The van der Waals surface area contributed by atoms with E-state index in [9.17, 15) is 9.59 Å². The minimum Gasteiger partial charge on any atom is -0.380 e. The molecule has 0 aromatic carbocycles. The molecular weight excluding hydrogens is 196 g/mol. The summed E-state index contributed by atoms with van der Waals surface area (Å²) < 4.78 is 5.16. The first-order valence-electron chi connectivity index (χ1n) is 5.24. The number of carbonyl (C=O) groups excluding carboxylic acids is 2. The predicted molar refractivity (Wildman–Crippen MR) is 55.2 cm³/mol. The molecule has 5 nitrogen and oxygen atoms in total. The second-order valence-corrected chi connectivity index (χ2v) is 3.66. The van der Waals surface area contributed by atoms with Crippen LogP contribution in [0.4, 0.5) is 0 Å². The average Bonchev–Trinajstić information content (AvgIpc) is 2.64. The van der Waals surface area contributed by atoms with Crippen LogP contribution in [0.5, 0.6) is 0 Å². The highest BCUT2D eigenvalue weighted by atomic mass is 16.5. The number of carbonyl (C=O) groups is 2. The molecule has 0 aromatic heterocycles. The lowest BCUT2D eigenvalue weighted by Gasteiger charge is -2.19. The maximum Gasteiger partial charge on any atom is 0.227 e. The van der Waals surface area contributed by atoms with Gasteiger partial charge in [0.05, 0.1) is 12.5 Å². The van der Waals surface area contributed by atoms with E-state index < -0.39 is 0 Å². The zero-order chi connectivity index (χ0) is 11.3. The number of hydrogen-bond acceptors (Lipinski definition) is 3. The third-order valence-electron chi connectivity index (χ3n) is 2.48. The van der Waals surface area contributed by atoms with Gasteiger partial charge in [0.15, 0.2) is 0 Å². The van der Waals surface area contributed by atoms with Crippen LogP contribution in [0.2, 0.25) is 0 Å². The van der Waals surface area contributed by atoms with Crippen molar-refractivity contribution in [3.05, 3.63) is 0 Å². The standard InChI is InChI=1S/C10H18N2O3/c1-3-15-5-4-12(2)10(14)8-6-9(13)11-7-8/h8H,3-7H2,1-2H3,(H,11,13). The molecule has 0 saturated carbocycles. The fourth-order valence-electron chi connectivity index (χ4n) is 1.55. The second-order valence-electron chi connectivity index (χ2n) is 3.66. The van der Waals surface area contributed by atoms with E-state index in [0.717, 1.165) is 0 Å². The van der Waals surface area contributed by atoms with Gasteiger partial charge in [-0.15, -0.1) is 0 Å². The summed E-state index contributed by atoms with van der Waals surface area (Å²) in [5.41, 5.74) is 0. The average molecular weight is 214 g/mol. The van der Waals surface area contributed by atoms with Gasteiger partial charge in [0.2, 0.25) is 11.8 Å². The molecule has 86 valence electrons. The molecule has 1 aliphatic heterocycles. The number of amides is 2. The lowest BCUT2D eigenvalue weighted by atomic mass is 10.1. The maximum absolute atomic E-state index is 11.8. The van der Waals surface area contributed by atoms with Crippen LogP contribution >= 0.6 is 0 Å². The minimum atomic E-state index is -0.191. The molecule has 1 unspecified atom stereocenters. The summed E-state index contributed by atoms with van der Waals surface area (Å²) in [5.74, 6) is -0.205. The Hall–Kier alpha value is -1.10. The Labute approximate surface area is 89.8 Å². The van der Waals surface area contributed by atoms with Gasteiger partial charge in [-0.3, -0.25) is 9.59 Å². The SMILES string of the molecule is CCOCCN(C)C(=O)C1CNC(=O)C1. The highest BCUT2D eigenvalue weighted by molar-refractivity contribution is 5.89. The Morgan fingerprint density at radius 2 is 2.40 bits per heavy atom. The monoisotopic (exact) mass is 214 g/mol. The summed E-state index contributed by atoms with van der Waals surface area (Å²) in [4.78, 5) is 24.3. The third-order valence-corrected chi connectivity index (χ3v) is 2.48. The van der Waals surface area contributed by atoms with Gasteiger partial charge >= 0.3 is 0 Å². The summed E-state index contributed by atoms with van der Waals surface area (Å²) in [5, 5.41) is 2.65. The second kappa shape index (κ2) is 5.70. The molecule has 1 saturated heterocycles. The lowest BCUT2D eigenvalue weighted by Crippen LogP contribution is -2.36.